The van der Waals surface area contributed by atoms with Crippen LogP contribution in [0.3, 0.4) is 0 Å². The van der Waals surface area contributed by atoms with E-state index < -0.39 is 21.4 Å². The monoisotopic (exact) mass is 504 g/mol. The number of fused-ring (bicyclic) bond motifs is 1. The Labute approximate surface area is 207 Å². The number of carbonyl (C=O) groups excluding carboxylic acids is 1. The highest BCUT2D eigenvalue weighted by Gasteiger charge is 2.29. The molecule has 0 unspecified atom stereocenters. The molecule has 4 rings (SSSR count). The van der Waals surface area contributed by atoms with Gasteiger partial charge in [0, 0.05) is 51.4 Å². The number of hydrogen-bond acceptors (Lipinski definition) is 6. The minimum Gasteiger partial charge on any atom is -0.379 e. The summed E-state index contributed by atoms with van der Waals surface area (Å²) in [6.45, 7) is 4.55. The van der Waals surface area contributed by atoms with Gasteiger partial charge in [-0.2, -0.15) is 4.31 Å². The molecule has 2 aliphatic rings. The van der Waals surface area contributed by atoms with Crippen LogP contribution in [-0.2, 0) is 21.8 Å². The third-order valence-corrected chi connectivity index (χ3v) is 9.12. The minimum atomic E-state index is -3.75. The van der Waals surface area contributed by atoms with Gasteiger partial charge in [0.05, 0.1) is 23.6 Å². The van der Waals surface area contributed by atoms with E-state index in [1.54, 1.807) is 30.8 Å². The second kappa shape index (κ2) is 11.2. The molecule has 35 heavy (non-hydrogen) atoms. The summed E-state index contributed by atoms with van der Waals surface area (Å²) in [7, 11) is -0.381. The smallest absolute Gasteiger partial charge is 0.256 e. The summed E-state index contributed by atoms with van der Waals surface area (Å²) in [5.41, 5.74) is 0.140. The summed E-state index contributed by atoms with van der Waals surface area (Å²) in [5, 5.41) is 3.07. The molecule has 1 N–H and O–H groups in total. The Morgan fingerprint density at radius 1 is 1.17 bits per heavy atom. The maximum Gasteiger partial charge on any atom is 0.256 e. The molecule has 1 aromatic heterocycles. The number of morpholine rings is 1. The van der Waals surface area contributed by atoms with Crippen LogP contribution in [0.15, 0.2) is 34.1 Å². The normalized spacial score (nSPS) is 18.3. The van der Waals surface area contributed by atoms with Crippen molar-refractivity contribution in [3.05, 3.63) is 40.2 Å². The maximum atomic E-state index is 13.3. The first-order valence-corrected chi connectivity index (χ1v) is 13.9. The van der Waals surface area contributed by atoms with Crippen LogP contribution in [-0.4, -0.2) is 80.6 Å². The van der Waals surface area contributed by atoms with Crippen molar-refractivity contribution in [2.24, 2.45) is 7.05 Å². The second-order valence-electron chi connectivity index (χ2n) is 9.54. The van der Waals surface area contributed by atoms with E-state index >= 15 is 0 Å². The summed E-state index contributed by atoms with van der Waals surface area (Å²) in [5.74, 6) is -0.443. The molecule has 1 aromatic carbocycles. The predicted molar refractivity (Wildman–Crippen MR) is 135 cm³/mol. The molecule has 2 fully saturated rings. The summed E-state index contributed by atoms with van der Waals surface area (Å²) >= 11 is 0. The zero-order valence-corrected chi connectivity index (χ0v) is 21.5. The number of carbonyl (C=O) groups is 1. The largest absolute Gasteiger partial charge is 0.379 e. The minimum absolute atomic E-state index is 0.0153. The molecule has 0 atom stereocenters. The van der Waals surface area contributed by atoms with Gasteiger partial charge in [0.1, 0.15) is 5.56 Å². The molecule has 10 heteroatoms. The highest BCUT2D eigenvalue weighted by molar-refractivity contribution is 7.89. The van der Waals surface area contributed by atoms with Gasteiger partial charge in [0.25, 0.3) is 5.91 Å². The Morgan fingerprint density at radius 3 is 2.60 bits per heavy atom. The van der Waals surface area contributed by atoms with Crippen LogP contribution >= 0.6 is 0 Å². The molecule has 0 radical (unpaired) electrons. The summed E-state index contributed by atoms with van der Waals surface area (Å²) in [4.78, 5) is 28.4. The molecule has 9 nitrogen and oxygen atoms in total. The summed E-state index contributed by atoms with van der Waals surface area (Å²) in [6, 6.07) is 4.58. The lowest BCUT2D eigenvalue weighted by Gasteiger charge is -2.30. The van der Waals surface area contributed by atoms with Gasteiger partial charge >= 0.3 is 0 Å². The Kier molecular flexibility index (Phi) is 8.26. The van der Waals surface area contributed by atoms with Crippen molar-refractivity contribution in [2.75, 3.05) is 46.4 Å². The number of hydrogen-bond donors (Lipinski definition) is 1. The Morgan fingerprint density at radius 2 is 1.89 bits per heavy atom. The lowest BCUT2D eigenvalue weighted by molar-refractivity contribution is 0.0374. The topological polar surface area (TPSA) is 101 Å². The van der Waals surface area contributed by atoms with Crippen molar-refractivity contribution in [2.45, 2.75) is 49.5 Å². The van der Waals surface area contributed by atoms with Crippen LogP contribution in [0.5, 0.6) is 0 Å². The summed E-state index contributed by atoms with van der Waals surface area (Å²) in [6.07, 6.45) is 7.16. The first kappa shape index (κ1) is 25.8. The van der Waals surface area contributed by atoms with E-state index in [0.29, 0.717) is 12.1 Å². The van der Waals surface area contributed by atoms with Crippen LogP contribution in [0.1, 0.15) is 48.9 Å². The van der Waals surface area contributed by atoms with Crippen molar-refractivity contribution in [3.63, 3.8) is 0 Å². The molecule has 0 spiro atoms. The van der Waals surface area contributed by atoms with Crippen LogP contribution in [0, 0.1) is 0 Å². The molecule has 1 aliphatic carbocycles. The van der Waals surface area contributed by atoms with E-state index in [1.807, 2.05) is 0 Å². The quantitative estimate of drug-likeness (QED) is 0.552. The molecular weight excluding hydrogens is 468 g/mol. The second-order valence-corrected chi connectivity index (χ2v) is 11.5. The third-order valence-electron chi connectivity index (χ3n) is 7.21. The van der Waals surface area contributed by atoms with Gasteiger partial charge < -0.3 is 14.6 Å². The van der Waals surface area contributed by atoms with Crippen LogP contribution < -0.4 is 10.7 Å². The van der Waals surface area contributed by atoms with Gasteiger partial charge in [-0.25, -0.2) is 8.42 Å². The zero-order chi connectivity index (χ0) is 25.0. The molecule has 2 aromatic rings. The van der Waals surface area contributed by atoms with Gasteiger partial charge in [0.15, 0.2) is 0 Å². The highest BCUT2D eigenvalue weighted by atomic mass is 32.2. The number of sulfonamides is 1. The molecule has 1 amide bonds. The van der Waals surface area contributed by atoms with Crippen LogP contribution in [0.2, 0.25) is 0 Å². The average Bonchev–Trinajstić information content (AvgIpc) is 2.89. The predicted octanol–water partition coefficient (Wildman–Crippen LogP) is 1.94. The van der Waals surface area contributed by atoms with E-state index in [-0.39, 0.29) is 21.9 Å². The number of pyridine rings is 1. The number of aromatic nitrogens is 1. The zero-order valence-electron chi connectivity index (χ0n) is 20.7. The van der Waals surface area contributed by atoms with Crippen LogP contribution in [0.25, 0.3) is 10.9 Å². The van der Waals surface area contributed by atoms with Gasteiger partial charge in [0.2, 0.25) is 15.5 Å². The number of aryl methyl sites for hydroxylation is 1. The fourth-order valence-corrected chi connectivity index (χ4v) is 6.47. The Bertz CT molecular complexity index is 1210. The number of rotatable bonds is 8. The molecule has 192 valence electrons. The fourth-order valence-electron chi connectivity index (χ4n) is 5.03. The molecule has 1 saturated carbocycles. The number of amides is 1. The van der Waals surface area contributed by atoms with E-state index in [0.717, 1.165) is 71.4 Å². The number of nitrogens with one attached hydrogen (secondary N) is 1. The first-order chi connectivity index (χ1) is 16.8. The van der Waals surface area contributed by atoms with Crippen LogP contribution in [0.4, 0.5) is 0 Å². The Balaban J connectivity index is 1.52. The van der Waals surface area contributed by atoms with E-state index in [1.165, 1.54) is 16.6 Å². The lowest BCUT2D eigenvalue weighted by Crippen LogP contribution is -2.38. The molecule has 2 heterocycles. The number of nitrogens with zero attached hydrogens (tertiary/aromatic N) is 3. The van der Waals surface area contributed by atoms with Crippen molar-refractivity contribution in [3.8, 4) is 0 Å². The van der Waals surface area contributed by atoms with Crippen molar-refractivity contribution < 1.29 is 17.9 Å². The third kappa shape index (κ3) is 5.77. The van der Waals surface area contributed by atoms with E-state index in [4.69, 9.17) is 4.74 Å². The molecule has 0 bridgehead atoms. The first-order valence-electron chi connectivity index (χ1n) is 12.5. The summed E-state index contributed by atoms with van der Waals surface area (Å²) < 4.78 is 35.1. The van der Waals surface area contributed by atoms with Gasteiger partial charge in [-0.1, -0.05) is 19.3 Å². The molecule has 1 aliphatic heterocycles. The molecule has 1 saturated heterocycles. The standard InChI is InChI=1S/C25H36N4O5S/c1-27-18-22(25(31)26-11-6-12-29-13-15-34-16-14-29)24(30)21-17-20(9-10-23(21)27)35(32,33)28(2)19-7-4-3-5-8-19/h9-10,17-19H,3-8,11-16H2,1-2H3,(H,26,31). The van der Waals surface area contributed by atoms with Gasteiger partial charge in [-0.3, -0.25) is 14.5 Å². The molecular formula is C25H36N4O5S. The van der Waals surface area contributed by atoms with Crippen molar-refractivity contribution >= 4 is 26.8 Å². The Hall–Kier alpha value is -2.27. The highest BCUT2D eigenvalue weighted by Crippen LogP contribution is 2.27. The fraction of sp³-hybridized carbons (Fsp3) is 0.600. The average molecular weight is 505 g/mol. The SMILES string of the molecule is CN(C1CCCCC1)S(=O)(=O)c1ccc2c(c1)c(=O)c(C(=O)NCCCN1CCOCC1)cn2C. The van der Waals surface area contributed by atoms with Gasteiger partial charge in [-0.15, -0.1) is 0 Å². The number of benzene rings is 1. The van der Waals surface area contributed by atoms with E-state index in [9.17, 15) is 18.0 Å². The van der Waals surface area contributed by atoms with E-state index in [2.05, 4.69) is 10.2 Å². The van der Waals surface area contributed by atoms with Crippen molar-refractivity contribution in [1.29, 1.82) is 0 Å². The maximum absolute atomic E-state index is 13.3. The van der Waals surface area contributed by atoms with Crippen molar-refractivity contribution in [1.82, 2.24) is 19.1 Å². The number of ether oxygens (including phenoxy) is 1. The van der Waals surface area contributed by atoms with Gasteiger partial charge in [-0.05, 0) is 44.0 Å². The lowest BCUT2D eigenvalue weighted by atomic mass is 9.96.